The van der Waals surface area contributed by atoms with Crippen molar-refractivity contribution in [1.82, 2.24) is 0 Å². The van der Waals surface area contributed by atoms with Gasteiger partial charge in [-0.05, 0) is 0 Å². The molecule has 0 saturated heterocycles. The van der Waals surface area contributed by atoms with E-state index in [4.69, 9.17) is 11.2 Å². The second-order valence-electron chi connectivity index (χ2n) is 7.10. The van der Waals surface area contributed by atoms with E-state index in [1.165, 1.54) is 15.9 Å². The molecule has 2 heteroatoms. The van der Waals surface area contributed by atoms with E-state index in [2.05, 4.69) is 105 Å². The number of hydrogen-bond donors (Lipinski definition) is 0. The van der Waals surface area contributed by atoms with Crippen LogP contribution in [-0.4, -0.2) is 6.16 Å². The van der Waals surface area contributed by atoms with Gasteiger partial charge in [-0.1, -0.05) is 0 Å². The average molecular weight is 369 g/mol. The minimum atomic E-state index is -3.02. The van der Waals surface area contributed by atoms with E-state index in [-0.39, 0.29) is 0 Å². The molecule has 3 aromatic carbocycles. The van der Waals surface area contributed by atoms with Crippen molar-refractivity contribution >= 4 is 33.1 Å². The summed E-state index contributed by atoms with van der Waals surface area (Å²) in [6.45, 7) is 4.55. The van der Waals surface area contributed by atoms with Gasteiger partial charge in [0.15, 0.2) is 0 Å². The third kappa shape index (κ3) is 3.26. The van der Waals surface area contributed by atoms with Crippen LogP contribution in [0.1, 0.15) is 20.3 Å². The summed E-state index contributed by atoms with van der Waals surface area (Å²) >= 11 is 7.95. The molecule has 0 fully saturated rings. The molecule has 0 aromatic heterocycles. The molecule has 3 rings (SSSR count). The first-order chi connectivity index (χ1) is 12.1. The number of benzene rings is 3. The fourth-order valence-corrected chi connectivity index (χ4v) is 9.91. The summed E-state index contributed by atoms with van der Waals surface area (Å²) in [4.78, 5) is 0. The topological polar surface area (TPSA) is 0 Å². The van der Waals surface area contributed by atoms with Gasteiger partial charge in [0.25, 0.3) is 0 Å². The molecule has 25 heavy (non-hydrogen) atoms. The quantitative estimate of drug-likeness (QED) is 0.488. The van der Waals surface area contributed by atoms with Gasteiger partial charge in [0, 0.05) is 0 Å². The summed E-state index contributed by atoms with van der Waals surface area (Å²) < 4.78 is 0. The van der Waals surface area contributed by atoms with Crippen LogP contribution in [0.4, 0.5) is 0 Å². The fourth-order valence-electron chi connectivity index (χ4n) is 3.55. The second-order valence-corrected chi connectivity index (χ2v) is 13.7. The van der Waals surface area contributed by atoms with E-state index in [0.29, 0.717) is 5.92 Å². The van der Waals surface area contributed by atoms with Gasteiger partial charge < -0.3 is 0 Å². The van der Waals surface area contributed by atoms with E-state index < -0.39 is 5.96 Å². The fraction of sp³-hybridized carbons (Fsp3) is 0.217. The van der Waals surface area contributed by atoms with Gasteiger partial charge >= 0.3 is 156 Å². The predicted molar refractivity (Wildman–Crippen MR) is 115 cm³/mol. The molecule has 0 atom stereocenters. The van der Waals surface area contributed by atoms with E-state index >= 15 is 0 Å². The Balaban J connectivity index is 2.36. The molecule has 0 aliphatic rings. The zero-order chi connectivity index (χ0) is 17.8. The molecule has 0 heterocycles. The van der Waals surface area contributed by atoms with Crippen molar-refractivity contribution in [3.05, 3.63) is 91.0 Å². The van der Waals surface area contributed by atoms with Crippen molar-refractivity contribution in [2.75, 3.05) is 6.16 Å². The van der Waals surface area contributed by atoms with Crippen LogP contribution in [0, 0.1) is 5.92 Å². The van der Waals surface area contributed by atoms with Crippen molar-refractivity contribution in [2.45, 2.75) is 20.3 Å². The van der Waals surface area contributed by atoms with Crippen LogP contribution >= 0.6 is 17.2 Å². The Morgan fingerprint density at radius 1 is 0.640 bits per heavy atom. The molecule has 0 N–H and O–H groups in total. The molecule has 3 aromatic rings. The van der Waals surface area contributed by atoms with Gasteiger partial charge in [0.2, 0.25) is 0 Å². The van der Waals surface area contributed by atoms with Gasteiger partial charge in [0.05, 0.1) is 0 Å². The summed E-state index contributed by atoms with van der Waals surface area (Å²) in [5.74, 6) is -2.42. The number of halogens is 1. The monoisotopic (exact) mass is 368 g/mol. The molecule has 0 amide bonds. The van der Waals surface area contributed by atoms with E-state index in [1.54, 1.807) is 0 Å². The summed E-state index contributed by atoms with van der Waals surface area (Å²) in [5, 5.41) is 3.77. The molecule has 0 radical (unpaired) electrons. The molecule has 0 aliphatic heterocycles. The number of rotatable bonds is 6. The van der Waals surface area contributed by atoms with Crippen LogP contribution in [0.2, 0.25) is 0 Å². The Hall–Kier alpha value is -1.62. The van der Waals surface area contributed by atoms with Crippen molar-refractivity contribution in [1.29, 1.82) is 0 Å². The maximum absolute atomic E-state index is 7.95. The Labute approximate surface area is 156 Å². The molecule has 0 unspecified atom stereocenters. The zero-order valence-corrected chi connectivity index (χ0v) is 16.6. The van der Waals surface area contributed by atoms with Crippen LogP contribution in [0.25, 0.3) is 0 Å². The summed E-state index contributed by atoms with van der Waals surface area (Å²) in [6, 6.07) is 32.2. The van der Waals surface area contributed by atoms with Gasteiger partial charge in [-0.25, -0.2) is 0 Å². The molecule has 0 saturated carbocycles. The van der Waals surface area contributed by atoms with Crippen LogP contribution in [0.5, 0.6) is 0 Å². The Morgan fingerprint density at radius 2 is 0.960 bits per heavy atom. The zero-order valence-electron chi connectivity index (χ0n) is 15.0. The Morgan fingerprint density at radius 3 is 1.24 bits per heavy atom. The summed E-state index contributed by atoms with van der Waals surface area (Å²) in [6.07, 6.45) is 2.07. The van der Waals surface area contributed by atoms with Crippen molar-refractivity contribution in [3.63, 3.8) is 0 Å². The number of hydrogen-bond acceptors (Lipinski definition) is 0. The standard InChI is InChI=1S/C23H26ClP/c1-20(2)18-19-25(24,21-12-6-3-7-13-21,22-14-8-4-9-15-22)23-16-10-5-11-17-23/h3-17,20H,18-19H2,1-2H3. The van der Waals surface area contributed by atoms with Crippen molar-refractivity contribution in [3.8, 4) is 0 Å². The normalized spacial score (nSPS) is 13.4. The summed E-state index contributed by atoms with van der Waals surface area (Å²) in [7, 11) is 0. The Kier molecular flexibility index (Phi) is 5.32. The maximum atomic E-state index is 7.95. The van der Waals surface area contributed by atoms with Gasteiger partial charge in [-0.2, -0.15) is 0 Å². The first-order valence-electron chi connectivity index (χ1n) is 8.95. The van der Waals surface area contributed by atoms with Crippen molar-refractivity contribution < 1.29 is 0 Å². The predicted octanol–water partition coefficient (Wildman–Crippen LogP) is 5.72. The first-order valence-corrected chi connectivity index (χ1v) is 12.3. The summed E-state index contributed by atoms with van der Waals surface area (Å²) in [5.41, 5.74) is 0. The van der Waals surface area contributed by atoms with Gasteiger partial charge in [0.1, 0.15) is 0 Å². The Bertz CT molecular complexity index is 698. The van der Waals surface area contributed by atoms with Crippen LogP contribution < -0.4 is 15.9 Å². The van der Waals surface area contributed by atoms with E-state index in [9.17, 15) is 0 Å². The SMILES string of the molecule is CC(C)CCP(Cl)(c1ccccc1)(c1ccccc1)c1ccccc1. The second kappa shape index (κ2) is 7.32. The molecular weight excluding hydrogens is 343 g/mol. The van der Waals surface area contributed by atoms with E-state index in [0.717, 1.165) is 12.6 Å². The van der Waals surface area contributed by atoms with Gasteiger partial charge in [-0.15, -0.1) is 0 Å². The third-order valence-electron chi connectivity index (χ3n) is 5.01. The third-order valence-corrected chi connectivity index (χ3v) is 12.5. The molecule has 130 valence electrons. The molecule has 0 aliphatic carbocycles. The van der Waals surface area contributed by atoms with Crippen LogP contribution in [0.15, 0.2) is 91.0 Å². The van der Waals surface area contributed by atoms with Crippen LogP contribution in [-0.2, 0) is 0 Å². The average Bonchev–Trinajstić information content (AvgIpc) is 2.68. The molecular formula is C23H26ClP. The molecule has 0 nitrogen and oxygen atoms in total. The van der Waals surface area contributed by atoms with Gasteiger partial charge in [-0.3, -0.25) is 0 Å². The first kappa shape index (κ1) is 18.2. The molecule has 0 bridgehead atoms. The van der Waals surface area contributed by atoms with Crippen molar-refractivity contribution in [2.24, 2.45) is 5.92 Å². The van der Waals surface area contributed by atoms with Crippen LogP contribution in [0.3, 0.4) is 0 Å². The van der Waals surface area contributed by atoms with E-state index in [1.807, 2.05) is 0 Å². The minimum absolute atomic E-state index is 0.608. The molecule has 0 spiro atoms.